The lowest BCUT2D eigenvalue weighted by atomic mass is 10.0. The number of hydrogen-bond acceptors (Lipinski definition) is 2. The number of likely N-dealkylation sites (N-methyl/N-ethyl adjacent to an activating group) is 1. The van der Waals surface area contributed by atoms with Gasteiger partial charge in [-0.05, 0) is 44.1 Å². The van der Waals surface area contributed by atoms with Crippen LogP contribution in [0.25, 0.3) is 0 Å². The predicted molar refractivity (Wildman–Crippen MR) is 78.5 cm³/mol. The van der Waals surface area contributed by atoms with Crippen molar-refractivity contribution in [1.82, 2.24) is 9.80 Å². The third-order valence-corrected chi connectivity index (χ3v) is 4.01. The number of hydrogen-bond donors (Lipinski definition) is 0. The molecule has 0 aromatic heterocycles. The van der Waals surface area contributed by atoms with E-state index in [0.29, 0.717) is 12.0 Å². The van der Waals surface area contributed by atoms with Crippen molar-refractivity contribution in [2.75, 3.05) is 27.2 Å². The van der Waals surface area contributed by atoms with Crippen molar-refractivity contribution in [3.63, 3.8) is 0 Å². The Bertz CT molecular complexity index is 437. The zero-order valence-electron chi connectivity index (χ0n) is 12.4. The minimum Gasteiger partial charge on any atom is -0.337 e. The second-order valence-corrected chi connectivity index (χ2v) is 5.93. The van der Waals surface area contributed by atoms with E-state index in [1.807, 2.05) is 17.0 Å². The van der Waals surface area contributed by atoms with Crippen LogP contribution in [-0.4, -0.2) is 48.9 Å². The van der Waals surface area contributed by atoms with Gasteiger partial charge in [-0.3, -0.25) is 4.79 Å². The number of rotatable bonds is 3. The van der Waals surface area contributed by atoms with Crippen molar-refractivity contribution >= 4 is 5.91 Å². The fraction of sp³-hybridized carbons (Fsp3) is 0.562. The molecule has 0 aliphatic carbocycles. The van der Waals surface area contributed by atoms with Crippen LogP contribution in [0.5, 0.6) is 0 Å². The van der Waals surface area contributed by atoms with E-state index in [9.17, 15) is 4.79 Å². The summed E-state index contributed by atoms with van der Waals surface area (Å²) in [6, 6.07) is 8.55. The van der Waals surface area contributed by atoms with Gasteiger partial charge in [0.05, 0.1) is 0 Å². The maximum Gasteiger partial charge on any atom is 0.253 e. The summed E-state index contributed by atoms with van der Waals surface area (Å²) in [6.07, 6.45) is 1.07. The van der Waals surface area contributed by atoms with Crippen LogP contribution in [0.15, 0.2) is 24.3 Å². The van der Waals surface area contributed by atoms with Crippen LogP contribution >= 0.6 is 0 Å². The fourth-order valence-corrected chi connectivity index (χ4v) is 2.54. The van der Waals surface area contributed by atoms with E-state index in [1.54, 1.807) is 0 Å². The van der Waals surface area contributed by atoms with Crippen molar-refractivity contribution in [3.05, 3.63) is 35.4 Å². The Morgan fingerprint density at radius 3 is 2.37 bits per heavy atom. The van der Waals surface area contributed by atoms with Crippen LogP contribution < -0.4 is 0 Å². The van der Waals surface area contributed by atoms with E-state index < -0.39 is 0 Å². The Hall–Kier alpha value is -1.35. The summed E-state index contributed by atoms with van der Waals surface area (Å²) in [5, 5.41) is 0. The van der Waals surface area contributed by atoms with Gasteiger partial charge >= 0.3 is 0 Å². The average molecular weight is 260 g/mol. The SMILES string of the molecule is CC(C)c1ccc(C(=O)N2CC[C@H](N(C)C)C2)cc1. The Kier molecular flexibility index (Phi) is 4.25. The lowest BCUT2D eigenvalue weighted by molar-refractivity contribution is 0.0783. The second-order valence-electron chi connectivity index (χ2n) is 5.93. The quantitative estimate of drug-likeness (QED) is 0.834. The summed E-state index contributed by atoms with van der Waals surface area (Å²) < 4.78 is 0. The number of carbonyl (C=O) groups excluding carboxylic acids is 1. The lowest BCUT2D eigenvalue weighted by Crippen LogP contribution is -2.34. The second kappa shape index (κ2) is 5.74. The number of amides is 1. The molecule has 1 heterocycles. The average Bonchev–Trinajstić information content (AvgIpc) is 2.87. The van der Waals surface area contributed by atoms with Gasteiger partial charge in [-0.1, -0.05) is 26.0 Å². The molecular formula is C16H24N2O. The first-order valence-electron chi connectivity index (χ1n) is 7.04. The molecule has 1 aromatic rings. The molecule has 19 heavy (non-hydrogen) atoms. The van der Waals surface area contributed by atoms with Gasteiger partial charge in [0.25, 0.3) is 5.91 Å². The van der Waals surface area contributed by atoms with Crippen molar-refractivity contribution < 1.29 is 4.79 Å². The first kappa shape index (κ1) is 14.1. The Morgan fingerprint density at radius 1 is 1.26 bits per heavy atom. The number of nitrogens with zero attached hydrogens (tertiary/aromatic N) is 2. The minimum atomic E-state index is 0.166. The van der Waals surface area contributed by atoms with Crippen LogP contribution in [0, 0.1) is 0 Å². The van der Waals surface area contributed by atoms with E-state index in [0.717, 1.165) is 25.1 Å². The first-order chi connectivity index (χ1) is 8.99. The lowest BCUT2D eigenvalue weighted by Gasteiger charge is -2.20. The van der Waals surface area contributed by atoms with Gasteiger partial charge in [-0.25, -0.2) is 0 Å². The van der Waals surface area contributed by atoms with Crippen molar-refractivity contribution in [1.29, 1.82) is 0 Å². The molecule has 0 radical (unpaired) electrons. The molecule has 0 bridgehead atoms. The predicted octanol–water partition coefficient (Wildman–Crippen LogP) is 2.59. The summed E-state index contributed by atoms with van der Waals surface area (Å²) in [7, 11) is 4.16. The molecule has 1 amide bonds. The molecular weight excluding hydrogens is 236 g/mol. The van der Waals surface area contributed by atoms with E-state index in [1.165, 1.54) is 5.56 Å². The summed E-state index contributed by atoms with van der Waals surface area (Å²) in [5.41, 5.74) is 2.09. The molecule has 1 saturated heterocycles. The van der Waals surface area contributed by atoms with Gasteiger partial charge in [0.2, 0.25) is 0 Å². The van der Waals surface area contributed by atoms with Crippen LogP contribution in [0.2, 0.25) is 0 Å². The summed E-state index contributed by atoms with van der Waals surface area (Å²) in [5.74, 6) is 0.675. The molecule has 3 nitrogen and oxygen atoms in total. The molecule has 0 saturated carbocycles. The van der Waals surface area contributed by atoms with E-state index >= 15 is 0 Å². The molecule has 2 rings (SSSR count). The molecule has 1 aliphatic rings. The van der Waals surface area contributed by atoms with Crippen LogP contribution in [0.1, 0.15) is 42.1 Å². The van der Waals surface area contributed by atoms with Gasteiger partial charge in [0.15, 0.2) is 0 Å². The molecule has 0 N–H and O–H groups in total. The first-order valence-corrected chi connectivity index (χ1v) is 7.04. The monoisotopic (exact) mass is 260 g/mol. The Morgan fingerprint density at radius 2 is 1.89 bits per heavy atom. The molecule has 1 aromatic carbocycles. The standard InChI is InChI=1S/C16H24N2O/c1-12(2)13-5-7-14(8-6-13)16(19)18-10-9-15(11-18)17(3)4/h5-8,12,15H,9-11H2,1-4H3/t15-/m0/s1. The molecule has 1 fully saturated rings. The smallest absolute Gasteiger partial charge is 0.253 e. The highest BCUT2D eigenvalue weighted by Gasteiger charge is 2.27. The third-order valence-electron chi connectivity index (χ3n) is 4.01. The van der Waals surface area contributed by atoms with E-state index in [4.69, 9.17) is 0 Å². The molecule has 0 unspecified atom stereocenters. The Labute approximate surface area is 116 Å². The van der Waals surface area contributed by atoms with Gasteiger partial charge in [0, 0.05) is 24.7 Å². The zero-order valence-corrected chi connectivity index (χ0v) is 12.4. The van der Waals surface area contributed by atoms with Crippen LogP contribution in [0.3, 0.4) is 0 Å². The summed E-state index contributed by atoms with van der Waals surface area (Å²) in [6.45, 7) is 6.04. The zero-order chi connectivity index (χ0) is 14.0. The molecule has 1 atom stereocenters. The van der Waals surface area contributed by atoms with Crippen LogP contribution in [0.4, 0.5) is 0 Å². The van der Waals surface area contributed by atoms with E-state index in [-0.39, 0.29) is 5.91 Å². The number of carbonyl (C=O) groups is 1. The molecule has 1 aliphatic heterocycles. The minimum absolute atomic E-state index is 0.166. The number of likely N-dealkylation sites (tertiary alicyclic amines) is 1. The topological polar surface area (TPSA) is 23.6 Å². The molecule has 104 valence electrons. The van der Waals surface area contributed by atoms with E-state index in [2.05, 4.69) is 45.0 Å². The summed E-state index contributed by atoms with van der Waals surface area (Å²) >= 11 is 0. The highest BCUT2D eigenvalue weighted by atomic mass is 16.2. The maximum atomic E-state index is 12.4. The maximum absolute atomic E-state index is 12.4. The van der Waals surface area contributed by atoms with Crippen molar-refractivity contribution in [3.8, 4) is 0 Å². The molecule has 0 spiro atoms. The van der Waals surface area contributed by atoms with Gasteiger partial charge in [-0.2, -0.15) is 0 Å². The van der Waals surface area contributed by atoms with Crippen molar-refractivity contribution in [2.24, 2.45) is 0 Å². The van der Waals surface area contributed by atoms with Crippen LogP contribution in [-0.2, 0) is 0 Å². The van der Waals surface area contributed by atoms with Gasteiger partial charge in [-0.15, -0.1) is 0 Å². The van der Waals surface area contributed by atoms with Crippen molar-refractivity contribution in [2.45, 2.75) is 32.2 Å². The normalized spacial score (nSPS) is 19.5. The largest absolute Gasteiger partial charge is 0.337 e. The third kappa shape index (κ3) is 3.16. The van der Waals surface area contributed by atoms with Gasteiger partial charge < -0.3 is 9.80 Å². The number of benzene rings is 1. The Balaban J connectivity index is 2.04. The molecule has 3 heteroatoms. The highest BCUT2D eigenvalue weighted by molar-refractivity contribution is 5.94. The van der Waals surface area contributed by atoms with Gasteiger partial charge in [0.1, 0.15) is 0 Å². The highest BCUT2D eigenvalue weighted by Crippen LogP contribution is 2.19. The fourth-order valence-electron chi connectivity index (χ4n) is 2.54. The summed E-state index contributed by atoms with van der Waals surface area (Å²) in [4.78, 5) is 16.6.